The number of nitrogens with zero attached hydrogens (tertiary/aromatic N) is 3. The lowest BCUT2D eigenvalue weighted by Gasteiger charge is -2.30. The number of aryl methyl sites for hydroxylation is 1. The first-order valence-corrected chi connectivity index (χ1v) is 7.85. The van der Waals surface area contributed by atoms with E-state index in [1.807, 2.05) is 0 Å². The quantitative estimate of drug-likeness (QED) is 0.710. The van der Waals surface area contributed by atoms with Crippen molar-refractivity contribution in [3.63, 3.8) is 0 Å². The summed E-state index contributed by atoms with van der Waals surface area (Å²) in [7, 11) is 0. The summed E-state index contributed by atoms with van der Waals surface area (Å²) >= 11 is 1.72. The van der Waals surface area contributed by atoms with Gasteiger partial charge in [-0.05, 0) is 24.0 Å². The minimum atomic E-state index is 0.0351. The number of benzene rings is 1. The molecule has 0 saturated heterocycles. The maximum atomic E-state index is 6.47. The zero-order valence-corrected chi connectivity index (χ0v) is 12.2. The highest BCUT2D eigenvalue weighted by molar-refractivity contribution is 8.00. The zero-order valence-electron chi connectivity index (χ0n) is 11.4. The van der Waals surface area contributed by atoms with Gasteiger partial charge in [0.1, 0.15) is 16.9 Å². The minimum Gasteiger partial charge on any atom is -0.341 e. The van der Waals surface area contributed by atoms with Crippen LogP contribution in [0.5, 0.6) is 0 Å². The third kappa shape index (κ3) is 2.20. The topological polar surface area (TPSA) is 80.5 Å². The Hall–Kier alpha value is -1.92. The van der Waals surface area contributed by atoms with Gasteiger partial charge < -0.3 is 10.7 Å². The van der Waals surface area contributed by atoms with Crippen molar-refractivity contribution in [1.29, 1.82) is 0 Å². The Morgan fingerprint density at radius 3 is 3.05 bits per heavy atom. The molecular formula is C15H15N5S. The molecule has 0 saturated carbocycles. The summed E-state index contributed by atoms with van der Waals surface area (Å²) in [5.74, 6) is 0. The third-order valence-electron chi connectivity index (χ3n) is 3.96. The predicted molar refractivity (Wildman–Crippen MR) is 83.0 cm³/mol. The largest absolute Gasteiger partial charge is 0.341 e. The van der Waals surface area contributed by atoms with Crippen LogP contribution in [0.2, 0.25) is 0 Å². The van der Waals surface area contributed by atoms with Gasteiger partial charge in [0.05, 0.1) is 6.33 Å². The number of hydrogen-bond donors (Lipinski definition) is 2. The van der Waals surface area contributed by atoms with E-state index in [0.29, 0.717) is 10.9 Å². The number of H-pyrrole nitrogens is 1. The van der Waals surface area contributed by atoms with E-state index in [9.17, 15) is 0 Å². The fourth-order valence-electron chi connectivity index (χ4n) is 2.87. The number of hydrogen-bond acceptors (Lipinski definition) is 5. The van der Waals surface area contributed by atoms with Gasteiger partial charge in [0.2, 0.25) is 0 Å². The van der Waals surface area contributed by atoms with Crippen LogP contribution in [0.15, 0.2) is 41.9 Å². The van der Waals surface area contributed by atoms with Crippen LogP contribution in [0.1, 0.15) is 23.6 Å². The Labute approximate surface area is 126 Å². The van der Waals surface area contributed by atoms with Crippen molar-refractivity contribution in [1.82, 2.24) is 19.9 Å². The van der Waals surface area contributed by atoms with Crippen LogP contribution in [-0.4, -0.2) is 25.2 Å². The highest BCUT2D eigenvalue weighted by Gasteiger charge is 2.28. The molecule has 1 aromatic carbocycles. The lowest BCUT2D eigenvalue weighted by atomic mass is 9.88. The third-order valence-corrected chi connectivity index (χ3v) is 5.33. The van der Waals surface area contributed by atoms with E-state index in [1.54, 1.807) is 24.4 Å². The van der Waals surface area contributed by atoms with Gasteiger partial charge >= 0.3 is 0 Å². The fraction of sp³-hybridized carbons (Fsp3) is 0.267. The second kappa shape index (κ2) is 5.13. The molecule has 6 heteroatoms. The van der Waals surface area contributed by atoms with E-state index in [1.165, 1.54) is 11.1 Å². The molecule has 3 N–H and O–H groups in total. The van der Waals surface area contributed by atoms with Crippen LogP contribution < -0.4 is 5.73 Å². The normalized spacial score (nSPS) is 21.4. The van der Waals surface area contributed by atoms with Crippen LogP contribution >= 0.6 is 11.8 Å². The van der Waals surface area contributed by atoms with Crippen molar-refractivity contribution in [2.75, 3.05) is 0 Å². The molecular weight excluding hydrogens is 282 g/mol. The molecule has 1 aliphatic rings. The van der Waals surface area contributed by atoms with E-state index < -0.39 is 0 Å². The van der Waals surface area contributed by atoms with Gasteiger partial charge in [-0.2, -0.15) is 0 Å². The molecule has 106 valence electrons. The number of imidazole rings is 1. The van der Waals surface area contributed by atoms with E-state index in [0.717, 1.165) is 23.4 Å². The van der Waals surface area contributed by atoms with Crippen LogP contribution in [0.4, 0.5) is 0 Å². The summed E-state index contributed by atoms with van der Waals surface area (Å²) in [5, 5.41) is 1.25. The number of aromatic nitrogens is 4. The van der Waals surface area contributed by atoms with Gasteiger partial charge in [-0.25, -0.2) is 15.0 Å². The first-order chi connectivity index (χ1) is 10.3. The molecule has 2 unspecified atom stereocenters. The monoisotopic (exact) mass is 297 g/mol. The second-order valence-corrected chi connectivity index (χ2v) is 6.43. The zero-order chi connectivity index (χ0) is 14.2. The SMILES string of the molecule is NC1c2ccccc2CCC1Sc1ncnc2nc[nH]c12. The molecule has 0 bridgehead atoms. The Morgan fingerprint density at radius 2 is 2.10 bits per heavy atom. The molecule has 1 aliphatic carbocycles. The summed E-state index contributed by atoms with van der Waals surface area (Å²) < 4.78 is 0. The van der Waals surface area contributed by atoms with E-state index in [-0.39, 0.29) is 6.04 Å². The summed E-state index contributed by atoms with van der Waals surface area (Å²) in [5.41, 5.74) is 10.7. The van der Waals surface area contributed by atoms with Gasteiger partial charge in [-0.15, -0.1) is 0 Å². The van der Waals surface area contributed by atoms with Crippen molar-refractivity contribution in [3.05, 3.63) is 48.0 Å². The Bertz CT molecular complexity index is 784. The van der Waals surface area contributed by atoms with Gasteiger partial charge in [0, 0.05) is 11.3 Å². The molecule has 3 aromatic rings. The Morgan fingerprint density at radius 1 is 1.19 bits per heavy atom. The molecule has 2 heterocycles. The molecule has 21 heavy (non-hydrogen) atoms. The standard InChI is InChI=1S/C15H15N5S/c16-12-10-4-2-1-3-9(10)5-6-11(12)21-15-13-14(18-7-17-13)19-8-20-15/h1-4,7-8,11-12H,5-6,16H2,(H,17,18,19,20). The van der Waals surface area contributed by atoms with Crippen molar-refractivity contribution < 1.29 is 0 Å². The summed E-state index contributed by atoms with van der Waals surface area (Å²) in [4.78, 5) is 15.8. The maximum absolute atomic E-state index is 6.47. The number of nitrogens with one attached hydrogen (secondary N) is 1. The number of thioether (sulfide) groups is 1. The molecule has 5 nitrogen and oxygen atoms in total. The average Bonchev–Trinajstić information content (AvgIpc) is 3.00. The highest BCUT2D eigenvalue weighted by Crippen LogP contribution is 2.39. The lowest BCUT2D eigenvalue weighted by Crippen LogP contribution is -2.29. The highest BCUT2D eigenvalue weighted by atomic mass is 32.2. The van der Waals surface area contributed by atoms with Gasteiger partial charge in [0.25, 0.3) is 0 Å². The Kier molecular flexibility index (Phi) is 3.12. The van der Waals surface area contributed by atoms with E-state index >= 15 is 0 Å². The van der Waals surface area contributed by atoms with Gasteiger partial charge in [-0.1, -0.05) is 36.0 Å². The van der Waals surface area contributed by atoms with Gasteiger partial charge in [-0.3, -0.25) is 0 Å². The summed E-state index contributed by atoms with van der Waals surface area (Å²) in [6.45, 7) is 0. The van der Waals surface area contributed by atoms with Crippen LogP contribution in [0.25, 0.3) is 11.2 Å². The molecule has 0 spiro atoms. The Balaban J connectivity index is 1.65. The first-order valence-electron chi connectivity index (χ1n) is 6.97. The summed E-state index contributed by atoms with van der Waals surface area (Å²) in [6, 6.07) is 8.49. The molecule has 0 aliphatic heterocycles. The van der Waals surface area contributed by atoms with Crippen LogP contribution in [0.3, 0.4) is 0 Å². The van der Waals surface area contributed by atoms with Crippen LogP contribution in [-0.2, 0) is 6.42 Å². The minimum absolute atomic E-state index is 0.0351. The molecule has 0 radical (unpaired) electrons. The predicted octanol–water partition coefficient (Wildman–Crippen LogP) is 2.46. The number of rotatable bonds is 2. The van der Waals surface area contributed by atoms with E-state index in [4.69, 9.17) is 5.73 Å². The van der Waals surface area contributed by atoms with Crippen molar-refractivity contribution in [2.24, 2.45) is 5.73 Å². The van der Waals surface area contributed by atoms with Crippen molar-refractivity contribution >= 4 is 22.9 Å². The molecule has 0 amide bonds. The number of aromatic amines is 1. The molecule has 0 fully saturated rings. The molecule has 4 rings (SSSR count). The van der Waals surface area contributed by atoms with E-state index in [2.05, 4.69) is 44.2 Å². The lowest BCUT2D eigenvalue weighted by molar-refractivity contribution is 0.586. The number of nitrogens with two attached hydrogens (primary N) is 1. The smallest absolute Gasteiger partial charge is 0.181 e. The average molecular weight is 297 g/mol. The van der Waals surface area contributed by atoms with Crippen LogP contribution in [0, 0.1) is 0 Å². The fourth-order valence-corrected chi connectivity index (χ4v) is 4.06. The number of fused-ring (bicyclic) bond motifs is 2. The molecule has 2 aromatic heterocycles. The first kappa shape index (κ1) is 12.8. The summed E-state index contributed by atoms with van der Waals surface area (Å²) in [6.07, 6.45) is 5.34. The van der Waals surface area contributed by atoms with Crippen molar-refractivity contribution in [2.45, 2.75) is 29.2 Å². The second-order valence-electron chi connectivity index (χ2n) is 5.20. The molecule has 2 atom stereocenters. The van der Waals surface area contributed by atoms with Crippen molar-refractivity contribution in [3.8, 4) is 0 Å². The maximum Gasteiger partial charge on any atom is 0.181 e. The van der Waals surface area contributed by atoms with Gasteiger partial charge in [0.15, 0.2) is 5.65 Å².